The molecule has 1 N–H and O–H groups in total. The lowest BCUT2D eigenvalue weighted by Crippen LogP contribution is -1.84. The summed E-state index contributed by atoms with van der Waals surface area (Å²) in [7, 11) is 0. The van der Waals surface area contributed by atoms with Gasteiger partial charge >= 0.3 is 0 Å². The van der Waals surface area contributed by atoms with Crippen LogP contribution in [0.1, 0.15) is 20.3 Å². The molecule has 8 heavy (non-hydrogen) atoms. The molecular formula is C5H12ClNS. The van der Waals surface area contributed by atoms with Gasteiger partial charge in [0.1, 0.15) is 0 Å². The van der Waals surface area contributed by atoms with Crippen molar-refractivity contribution in [3.05, 3.63) is 0 Å². The van der Waals surface area contributed by atoms with E-state index in [2.05, 4.69) is 6.92 Å². The van der Waals surface area contributed by atoms with Gasteiger partial charge in [-0.2, -0.15) is 0 Å². The first kappa shape index (κ1) is 11.2. The molecular weight excluding hydrogens is 142 g/mol. The van der Waals surface area contributed by atoms with E-state index in [1.165, 1.54) is 0 Å². The second kappa shape index (κ2) is 7.31. The fourth-order valence-electron chi connectivity index (χ4n) is 0.276. The quantitative estimate of drug-likeness (QED) is 0.479. The second-order valence-corrected chi connectivity index (χ2v) is 2.57. The van der Waals surface area contributed by atoms with E-state index < -0.39 is 0 Å². The van der Waals surface area contributed by atoms with E-state index in [9.17, 15) is 0 Å². The lowest BCUT2D eigenvalue weighted by molar-refractivity contribution is 1.28. The largest absolute Gasteiger partial charge is 0.298 e. The average molecular weight is 154 g/mol. The highest BCUT2D eigenvalue weighted by molar-refractivity contribution is 8.13. The molecule has 0 aliphatic heterocycles. The Labute approximate surface area is 61.2 Å². The summed E-state index contributed by atoms with van der Waals surface area (Å²) >= 11 is 1.61. The normalized spacial score (nSPS) is 7.75. The van der Waals surface area contributed by atoms with Crippen LogP contribution in [0.5, 0.6) is 0 Å². The Morgan fingerprint density at radius 3 is 2.12 bits per heavy atom. The van der Waals surface area contributed by atoms with Gasteiger partial charge in [-0.25, -0.2) is 0 Å². The SMILES string of the molecule is CCSC(=N)CC.Cl. The van der Waals surface area contributed by atoms with Crippen LogP contribution in [0, 0.1) is 5.41 Å². The van der Waals surface area contributed by atoms with Crippen molar-refractivity contribution < 1.29 is 0 Å². The van der Waals surface area contributed by atoms with E-state index in [1.807, 2.05) is 6.92 Å². The highest BCUT2D eigenvalue weighted by Gasteiger charge is 1.86. The Balaban J connectivity index is 0. The molecule has 0 unspecified atom stereocenters. The van der Waals surface area contributed by atoms with Gasteiger partial charge in [0.05, 0.1) is 5.04 Å². The summed E-state index contributed by atoms with van der Waals surface area (Å²) in [6, 6.07) is 0. The van der Waals surface area contributed by atoms with Crippen molar-refractivity contribution in [2.45, 2.75) is 20.3 Å². The van der Waals surface area contributed by atoms with Crippen LogP contribution in [0.4, 0.5) is 0 Å². The fraction of sp³-hybridized carbons (Fsp3) is 0.800. The highest BCUT2D eigenvalue weighted by Crippen LogP contribution is 2.02. The maximum atomic E-state index is 7.10. The van der Waals surface area contributed by atoms with E-state index in [-0.39, 0.29) is 12.4 Å². The summed E-state index contributed by atoms with van der Waals surface area (Å²) in [6.07, 6.45) is 0.887. The molecule has 0 rings (SSSR count). The van der Waals surface area contributed by atoms with Crippen molar-refractivity contribution in [2.24, 2.45) is 0 Å². The van der Waals surface area contributed by atoms with Gasteiger partial charge in [-0.15, -0.1) is 24.2 Å². The molecule has 0 aromatic rings. The Hall–Kier alpha value is 0.310. The number of thioether (sulfide) groups is 1. The Bertz CT molecular complexity index is 65.4. The molecule has 0 radical (unpaired) electrons. The fourth-order valence-corrected chi connectivity index (χ4v) is 0.829. The molecule has 0 aromatic carbocycles. The molecule has 0 amide bonds. The third-order valence-corrected chi connectivity index (χ3v) is 1.57. The van der Waals surface area contributed by atoms with Crippen molar-refractivity contribution in [1.29, 1.82) is 5.41 Å². The van der Waals surface area contributed by atoms with Gasteiger partial charge in [-0.05, 0) is 12.2 Å². The molecule has 0 aromatic heterocycles. The van der Waals surface area contributed by atoms with Gasteiger partial charge in [0, 0.05) is 0 Å². The molecule has 0 fully saturated rings. The number of hydrogen-bond acceptors (Lipinski definition) is 2. The van der Waals surface area contributed by atoms with Crippen LogP contribution < -0.4 is 0 Å². The predicted octanol–water partition coefficient (Wildman–Crippen LogP) is 2.55. The highest BCUT2D eigenvalue weighted by atomic mass is 35.5. The number of rotatable bonds is 2. The van der Waals surface area contributed by atoms with Crippen LogP contribution in [0.15, 0.2) is 0 Å². The van der Waals surface area contributed by atoms with Gasteiger partial charge in [0.15, 0.2) is 0 Å². The molecule has 0 bridgehead atoms. The van der Waals surface area contributed by atoms with E-state index >= 15 is 0 Å². The van der Waals surface area contributed by atoms with Crippen molar-refractivity contribution in [2.75, 3.05) is 5.75 Å². The Kier molecular flexibility index (Phi) is 10.2. The first-order chi connectivity index (χ1) is 3.31. The zero-order valence-corrected chi connectivity index (χ0v) is 6.86. The van der Waals surface area contributed by atoms with Crippen molar-refractivity contribution >= 4 is 29.2 Å². The number of nitrogens with one attached hydrogen (secondary N) is 1. The van der Waals surface area contributed by atoms with Gasteiger partial charge in [0.2, 0.25) is 0 Å². The Morgan fingerprint density at radius 2 is 2.00 bits per heavy atom. The van der Waals surface area contributed by atoms with Crippen molar-refractivity contribution in [3.63, 3.8) is 0 Å². The van der Waals surface area contributed by atoms with Gasteiger partial charge in [0.25, 0.3) is 0 Å². The van der Waals surface area contributed by atoms with Crippen LogP contribution in [0.2, 0.25) is 0 Å². The van der Waals surface area contributed by atoms with E-state index in [1.54, 1.807) is 11.8 Å². The molecule has 3 heteroatoms. The molecule has 0 saturated heterocycles. The molecule has 0 aliphatic carbocycles. The zero-order valence-electron chi connectivity index (χ0n) is 5.23. The van der Waals surface area contributed by atoms with Gasteiger partial charge in [-0.1, -0.05) is 13.8 Å². The lowest BCUT2D eigenvalue weighted by atomic mass is 10.5. The summed E-state index contributed by atoms with van der Waals surface area (Å²) in [5, 5.41) is 7.89. The standard InChI is InChI=1S/C5H11NS.ClH/c1-3-5(6)7-4-2;/h6H,3-4H2,1-2H3;1H. The lowest BCUT2D eigenvalue weighted by Gasteiger charge is -1.91. The first-order valence-corrected chi connectivity index (χ1v) is 3.50. The second-order valence-electron chi connectivity index (χ2n) is 1.21. The molecule has 0 atom stereocenters. The molecule has 0 aliphatic rings. The van der Waals surface area contributed by atoms with Crippen LogP contribution in [-0.2, 0) is 0 Å². The van der Waals surface area contributed by atoms with Crippen LogP contribution in [-0.4, -0.2) is 10.8 Å². The van der Waals surface area contributed by atoms with Crippen LogP contribution >= 0.6 is 24.2 Å². The summed E-state index contributed by atoms with van der Waals surface area (Å²) in [4.78, 5) is 0. The summed E-state index contributed by atoms with van der Waals surface area (Å²) < 4.78 is 0. The minimum absolute atomic E-state index is 0. The Morgan fingerprint density at radius 1 is 1.50 bits per heavy atom. The van der Waals surface area contributed by atoms with Gasteiger partial charge in [-0.3, -0.25) is 5.41 Å². The average Bonchev–Trinajstić information content (AvgIpc) is 1.68. The first-order valence-electron chi connectivity index (χ1n) is 2.51. The molecule has 0 saturated carbocycles. The predicted molar refractivity (Wildman–Crippen MR) is 43.4 cm³/mol. The van der Waals surface area contributed by atoms with E-state index in [0.717, 1.165) is 17.2 Å². The summed E-state index contributed by atoms with van der Waals surface area (Å²) in [5.74, 6) is 1.03. The van der Waals surface area contributed by atoms with E-state index in [0.29, 0.717) is 0 Å². The van der Waals surface area contributed by atoms with Crippen molar-refractivity contribution in [3.8, 4) is 0 Å². The molecule has 1 nitrogen and oxygen atoms in total. The maximum Gasteiger partial charge on any atom is 0.0638 e. The monoisotopic (exact) mass is 153 g/mol. The van der Waals surface area contributed by atoms with Crippen LogP contribution in [0.3, 0.4) is 0 Å². The smallest absolute Gasteiger partial charge is 0.0638 e. The minimum Gasteiger partial charge on any atom is -0.298 e. The minimum atomic E-state index is 0. The summed E-state index contributed by atoms with van der Waals surface area (Å²) in [5.41, 5.74) is 0. The maximum absolute atomic E-state index is 7.10. The number of halogens is 1. The van der Waals surface area contributed by atoms with E-state index in [4.69, 9.17) is 5.41 Å². The summed E-state index contributed by atoms with van der Waals surface area (Å²) in [6.45, 7) is 4.07. The van der Waals surface area contributed by atoms with Gasteiger partial charge < -0.3 is 0 Å². The molecule has 0 spiro atoms. The zero-order chi connectivity index (χ0) is 5.70. The molecule has 50 valence electrons. The molecule has 0 heterocycles. The number of hydrogen-bond donors (Lipinski definition) is 1. The van der Waals surface area contributed by atoms with Crippen LogP contribution in [0.25, 0.3) is 0 Å². The van der Waals surface area contributed by atoms with Crippen molar-refractivity contribution in [1.82, 2.24) is 0 Å². The third-order valence-electron chi connectivity index (χ3n) is 0.640. The topological polar surface area (TPSA) is 23.9 Å². The third kappa shape index (κ3) is 6.31.